The molecule has 2 atom stereocenters. The molecule has 0 aliphatic carbocycles. The van der Waals surface area contributed by atoms with Crippen molar-refractivity contribution in [1.82, 2.24) is 15.1 Å². The van der Waals surface area contributed by atoms with Gasteiger partial charge in [0.05, 0.1) is 12.0 Å². The van der Waals surface area contributed by atoms with Gasteiger partial charge in [0, 0.05) is 30.7 Å². The Labute approximate surface area is 158 Å². The molecule has 0 bridgehead atoms. The van der Waals surface area contributed by atoms with Crippen molar-refractivity contribution in [2.45, 2.75) is 39.7 Å². The van der Waals surface area contributed by atoms with Gasteiger partial charge in [-0.05, 0) is 51.3 Å². The summed E-state index contributed by atoms with van der Waals surface area (Å²) in [6.45, 7) is 8.59. The van der Waals surface area contributed by atoms with Crippen LogP contribution >= 0.6 is 15.9 Å². The van der Waals surface area contributed by atoms with Crippen LogP contribution in [0.5, 0.6) is 0 Å². The van der Waals surface area contributed by atoms with E-state index in [2.05, 4.69) is 21.2 Å². The first-order valence-electron chi connectivity index (χ1n) is 9.05. The molecule has 0 unspecified atom stereocenters. The summed E-state index contributed by atoms with van der Waals surface area (Å²) in [4.78, 5) is 28.8. The maximum absolute atomic E-state index is 12.7. The number of piperidine rings is 1. The first-order chi connectivity index (χ1) is 12.0. The highest BCUT2D eigenvalue weighted by atomic mass is 79.9. The van der Waals surface area contributed by atoms with Gasteiger partial charge in [-0.15, -0.1) is 0 Å². The van der Waals surface area contributed by atoms with Gasteiger partial charge in [0.25, 0.3) is 0 Å². The average molecular weight is 410 g/mol. The van der Waals surface area contributed by atoms with Gasteiger partial charge in [0.15, 0.2) is 0 Å². The number of urea groups is 1. The van der Waals surface area contributed by atoms with E-state index >= 15 is 0 Å². The van der Waals surface area contributed by atoms with Crippen LogP contribution < -0.4 is 5.32 Å². The van der Waals surface area contributed by atoms with E-state index in [9.17, 15) is 9.59 Å². The third-order valence-electron chi connectivity index (χ3n) is 4.80. The SMILES string of the molecule is CCN(CC)C(=O)N1CCC[C@@H](C(=O)N[C@@H](C)c2cccc(Br)c2)C1. The van der Waals surface area contributed by atoms with Crippen LogP contribution in [0.2, 0.25) is 0 Å². The van der Waals surface area contributed by atoms with Crippen LogP contribution in [0.25, 0.3) is 0 Å². The number of hydrogen-bond donors (Lipinski definition) is 1. The van der Waals surface area contributed by atoms with Crippen LogP contribution in [0, 0.1) is 5.92 Å². The second kappa shape index (κ2) is 9.22. The quantitative estimate of drug-likeness (QED) is 0.803. The standard InChI is InChI=1S/C19H28BrN3O2/c1-4-22(5-2)19(25)23-11-7-9-16(13-23)18(24)21-14(3)15-8-6-10-17(20)12-15/h6,8,10,12,14,16H,4-5,7,9,11,13H2,1-3H3,(H,21,24)/t14-,16+/m0/s1. The molecule has 0 saturated carbocycles. The zero-order chi connectivity index (χ0) is 18.4. The normalized spacial score (nSPS) is 18.6. The first kappa shape index (κ1) is 19.8. The fourth-order valence-electron chi connectivity index (χ4n) is 3.25. The molecule has 0 aromatic heterocycles. The molecule has 1 aliphatic heterocycles. The predicted molar refractivity (Wildman–Crippen MR) is 103 cm³/mol. The highest BCUT2D eigenvalue weighted by Gasteiger charge is 2.30. The predicted octanol–water partition coefficient (Wildman–Crippen LogP) is 3.80. The molecule has 0 radical (unpaired) electrons. The summed E-state index contributed by atoms with van der Waals surface area (Å²) in [6, 6.07) is 7.94. The number of nitrogens with one attached hydrogen (secondary N) is 1. The second-order valence-electron chi connectivity index (χ2n) is 6.53. The van der Waals surface area contributed by atoms with Crippen LogP contribution in [-0.4, -0.2) is 47.9 Å². The highest BCUT2D eigenvalue weighted by molar-refractivity contribution is 9.10. The van der Waals surface area contributed by atoms with Gasteiger partial charge in [0.2, 0.25) is 5.91 Å². The Hall–Kier alpha value is -1.56. The number of rotatable bonds is 5. The largest absolute Gasteiger partial charge is 0.349 e. The first-order valence-corrected chi connectivity index (χ1v) is 9.85. The van der Waals surface area contributed by atoms with Crippen molar-refractivity contribution in [2.75, 3.05) is 26.2 Å². The minimum atomic E-state index is -0.136. The van der Waals surface area contributed by atoms with Gasteiger partial charge >= 0.3 is 6.03 Å². The third-order valence-corrected chi connectivity index (χ3v) is 5.30. The fourth-order valence-corrected chi connectivity index (χ4v) is 3.67. The molecule has 2 rings (SSSR count). The van der Waals surface area contributed by atoms with Crippen molar-refractivity contribution in [3.63, 3.8) is 0 Å². The van der Waals surface area contributed by atoms with E-state index in [4.69, 9.17) is 0 Å². The number of likely N-dealkylation sites (tertiary alicyclic amines) is 1. The van der Waals surface area contributed by atoms with E-state index in [1.165, 1.54) is 0 Å². The van der Waals surface area contributed by atoms with Gasteiger partial charge < -0.3 is 15.1 Å². The average Bonchev–Trinajstić information content (AvgIpc) is 2.62. The maximum atomic E-state index is 12.7. The summed E-state index contributed by atoms with van der Waals surface area (Å²) < 4.78 is 1.000. The molecular formula is C19H28BrN3O2. The molecule has 5 nitrogen and oxygen atoms in total. The molecule has 1 heterocycles. The van der Waals surface area contributed by atoms with E-state index in [1.54, 1.807) is 0 Å². The Balaban J connectivity index is 1.96. The van der Waals surface area contributed by atoms with E-state index in [0.29, 0.717) is 19.6 Å². The summed E-state index contributed by atoms with van der Waals surface area (Å²) in [5, 5.41) is 3.10. The zero-order valence-corrected chi connectivity index (χ0v) is 16.9. The van der Waals surface area contributed by atoms with Crippen LogP contribution in [-0.2, 0) is 4.79 Å². The van der Waals surface area contributed by atoms with Crippen molar-refractivity contribution >= 4 is 27.9 Å². The second-order valence-corrected chi connectivity index (χ2v) is 7.44. The number of benzene rings is 1. The smallest absolute Gasteiger partial charge is 0.320 e. The molecule has 25 heavy (non-hydrogen) atoms. The molecule has 1 aliphatic rings. The van der Waals surface area contributed by atoms with Crippen molar-refractivity contribution < 1.29 is 9.59 Å². The number of nitrogens with zero attached hydrogens (tertiary/aromatic N) is 2. The minimum Gasteiger partial charge on any atom is -0.349 e. The lowest BCUT2D eigenvalue weighted by Gasteiger charge is -2.35. The van der Waals surface area contributed by atoms with Crippen LogP contribution in [0.3, 0.4) is 0 Å². The summed E-state index contributed by atoms with van der Waals surface area (Å²) in [7, 11) is 0. The van der Waals surface area contributed by atoms with Crippen molar-refractivity contribution in [3.8, 4) is 0 Å². The molecule has 1 aromatic carbocycles. The van der Waals surface area contributed by atoms with E-state index in [1.807, 2.05) is 54.8 Å². The van der Waals surface area contributed by atoms with Gasteiger partial charge in [-0.2, -0.15) is 0 Å². The van der Waals surface area contributed by atoms with Gasteiger partial charge in [0.1, 0.15) is 0 Å². The van der Waals surface area contributed by atoms with Crippen LogP contribution in [0.15, 0.2) is 28.7 Å². The Bertz CT molecular complexity index is 604. The molecule has 1 fully saturated rings. The van der Waals surface area contributed by atoms with Crippen LogP contribution in [0.1, 0.15) is 45.2 Å². The van der Waals surface area contributed by atoms with E-state index in [0.717, 1.165) is 29.4 Å². The molecule has 138 valence electrons. The molecular weight excluding hydrogens is 382 g/mol. The molecule has 1 saturated heterocycles. The Kier molecular flexibility index (Phi) is 7.29. The molecule has 1 N–H and O–H groups in total. The van der Waals surface area contributed by atoms with E-state index < -0.39 is 0 Å². The lowest BCUT2D eigenvalue weighted by atomic mass is 9.96. The maximum Gasteiger partial charge on any atom is 0.320 e. The number of carbonyl (C=O) groups is 2. The van der Waals surface area contributed by atoms with Gasteiger partial charge in [-0.25, -0.2) is 4.79 Å². The summed E-state index contributed by atoms with van der Waals surface area (Å²) >= 11 is 3.46. The number of hydrogen-bond acceptors (Lipinski definition) is 2. The highest BCUT2D eigenvalue weighted by Crippen LogP contribution is 2.21. The number of halogens is 1. The lowest BCUT2D eigenvalue weighted by Crippen LogP contribution is -2.50. The summed E-state index contributed by atoms with van der Waals surface area (Å²) in [6.07, 6.45) is 1.70. The molecule has 0 spiro atoms. The van der Waals surface area contributed by atoms with Crippen LogP contribution in [0.4, 0.5) is 4.79 Å². The van der Waals surface area contributed by atoms with Crippen molar-refractivity contribution in [2.24, 2.45) is 5.92 Å². The Morgan fingerprint density at radius 1 is 1.36 bits per heavy atom. The molecule has 1 aromatic rings. The summed E-state index contributed by atoms with van der Waals surface area (Å²) in [5.41, 5.74) is 1.06. The lowest BCUT2D eigenvalue weighted by molar-refractivity contribution is -0.127. The number of carbonyl (C=O) groups excluding carboxylic acids is 2. The summed E-state index contributed by atoms with van der Waals surface area (Å²) in [5.74, 6) is -0.104. The fraction of sp³-hybridized carbons (Fsp3) is 0.579. The molecule has 3 amide bonds. The topological polar surface area (TPSA) is 52.7 Å². The monoisotopic (exact) mass is 409 g/mol. The Morgan fingerprint density at radius 3 is 2.72 bits per heavy atom. The number of amides is 3. The van der Waals surface area contributed by atoms with Gasteiger partial charge in [-0.1, -0.05) is 28.1 Å². The van der Waals surface area contributed by atoms with Crippen molar-refractivity contribution in [1.29, 1.82) is 0 Å². The zero-order valence-electron chi connectivity index (χ0n) is 15.3. The van der Waals surface area contributed by atoms with E-state index in [-0.39, 0.29) is 23.9 Å². The Morgan fingerprint density at radius 2 is 2.08 bits per heavy atom. The third kappa shape index (κ3) is 5.21. The van der Waals surface area contributed by atoms with Gasteiger partial charge in [-0.3, -0.25) is 4.79 Å². The molecule has 6 heteroatoms. The van der Waals surface area contributed by atoms with Crippen molar-refractivity contribution in [3.05, 3.63) is 34.3 Å². The minimum absolute atomic E-state index is 0.0320.